The maximum absolute atomic E-state index is 11.7. The smallest absolute Gasteiger partial charge is 0.261 e. The predicted octanol–water partition coefficient (Wildman–Crippen LogP) is 0.558. The van der Waals surface area contributed by atoms with E-state index in [9.17, 15) is 19.2 Å². The molecule has 0 radical (unpaired) electrons. The number of nitrogens with zero attached hydrogens (tertiary/aromatic N) is 2. The van der Waals surface area contributed by atoms with Crippen molar-refractivity contribution in [3.63, 3.8) is 0 Å². The molecule has 1 aromatic rings. The summed E-state index contributed by atoms with van der Waals surface area (Å²) in [5.74, 6) is -2.06. The van der Waals surface area contributed by atoms with Gasteiger partial charge in [-0.25, -0.2) is 0 Å². The number of aryl methyl sites for hydroxylation is 1. The number of benzene rings is 1. The number of ketones is 1. The van der Waals surface area contributed by atoms with E-state index in [-0.39, 0.29) is 18.7 Å². The van der Waals surface area contributed by atoms with Crippen LogP contribution in [0.5, 0.6) is 0 Å². The van der Waals surface area contributed by atoms with Crippen LogP contribution in [0.1, 0.15) is 17.5 Å². The maximum Gasteiger partial charge on any atom is 0.261 e. The third-order valence-corrected chi connectivity index (χ3v) is 3.48. The molecule has 1 saturated heterocycles. The topological polar surface area (TPSA) is 117 Å². The average Bonchev–Trinajstić information content (AvgIpc) is 2.76. The number of Topliss-reactive ketones (excluding diaryl/α,β-unsaturated/α-hetero) is 1. The molecule has 1 aromatic carbocycles. The van der Waals surface area contributed by atoms with Gasteiger partial charge in [-0.1, -0.05) is 0 Å². The van der Waals surface area contributed by atoms with Gasteiger partial charge in [0.25, 0.3) is 5.91 Å². The zero-order valence-electron chi connectivity index (χ0n) is 11.7. The highest BCUT2D eigenvalue weighted by atomic mass is 16.2. The highest BCUT2D eigenvalue weighted by Crippen LogP contribution is 2.31. The molecule has 2 aliphatic rings. The molecular weight excluding hydrogens is 288 g/mol. The number of imide groups is 1. The third-order valence-electron chi connectivity index (χ3n) is 3.48. The van der Waals surface area contributed by atoms with Crippen molar-refractivity contribution in [1.29, 1.82) is 0 Å². The number of piperidine rings is 1. The van der Waals surface area contributed by atoms with Crippen molar-refractivity contribution in [2.24, 2.45) is 10.2 Å². The van der Waals surface area contributed by atoms with Crippen molar-refractivity contribution < 1.29 is 19.2 Å². The number of azo groups is 1. The molecule has 2 heterocycles. The summed E-state index contributed by atoms with van der Waals surface area (Å²) in [4.78, 5) is 45.7. The Morgan fingerprint density at radius 3 is 2.50 bits per heavy atom. The summed E-state index contributed by atoms with van der Waals surface area (Å²) in [6.07, 6.45) is -0.119. The normalized spacial score (nSPS) is 21.0. The number of nitrogens with one attached hydrogen (secondary N) is 2. The van der Waals surface area contributed by atoms with Crippen LogP contribution in [0.25, 0.3) is 0 Å². The van der Waals surface area contributed by atoms with Crippen LogP contribution >= 0.6 is 0 Å². The van der Waals surface area contributed by atoms with E-state index in [4.69, 9.17) is 0 Å². The minimum Gasteiger partial charge on any atom is -0.326 e. The van der Waals surface area contributed by atoms with Gasteiger partial charge >= 0.3 is 0 Å². The summed E-state index contributed by atoms with van der Waals surface area (Å²) in [6, 6.07) is 2.16. The molecule has 0 saturated carbocycles. The van der Waals surface area contributed by atoms with E-state index in [1.807, 2.05) is 0 Å². The van der Waals surface area contributed by atoms with Crippen molar-refractivity contribution >= 4 is 34.9 Å². The summed E-state index contributed by atoms with van der Waals surface area (Å²) in [5.41, 5.74) is 2.76. The monoisotopic (exact) mass is 300 g/mol. The zero-order valence-corrected chi connectivity index (χ0v) is 11.7. The van der Waals surface area contributed by atoms with Gasteiger partial charge in [0.1, 0.15) is 0 Å². The molecule has 8 heteroatoms. The Morgan fingerprint density at radius 2 is 1.77 bits per heavy atom. The fourth-order valence-electron chi connectivity index (χ4n) is 2.37. The van der Waals surface area contributed by atoms with Crippen molar-refractivity contribution in [2.45, 2.75) is 25.8 Å². The Hall–Kier alpha value is -2.90. The standard InChI is InChI=1S/C14H12N4O4/c1-6-2-9-7(4-11(20)15-9)3-8(6)17-18-13-10(19)5-12(21)16-14(13)22/h2-3,13H,4-5H2,1H3,(H,15,20)(H,16,21,22). The number of anilines is 1. The summed E-state index contributed by atoms with van der Waals surface area (Å²) in [6.45, 7) is 1.78. The molecule has 1 fully saturated rings. The summed E-state index contributed by atoms with van der Waals surface area (Å²) in [7, 11) is 0. The van der Waals surface area contributed by atoms with Crippen LogP contribution in [0.2, 0.25) is 0 Å². The molecule has 8 nitrogen and oxygen atoms in total. The first-order valence-electron chi connectivity index (χ1n) is 6.64. The van der Waals surface area contributed by atoms with Gasteiger partial charge in [-0.05, 0) is 30.2 Å². The maximum atomic E-state index is 11.7. The lowest BCUT2D eigenvalue weighted by Gasteiger charge is -2.15. The molecule has 22 heavy (non-hydrogen) atoms. The first kappa shape index (κ1) is 14.1. The first-order valence-corrected chi connectivity index (χ1v) is 6.64. The summed E-state index contributed by atoms with van der Waals surface area (Å²) < 4.78 is 0. The molecule has 0 aromatic heterocycles. The lowest BCUT2D eigenvalue weighted by Crippen LogP contribution is -2.48. The van der Waals surface area contributed by atoms with Crippen molar-refractivity contribution in [3.05, 3.63) is 23.3 Å². The average molecular weight is 300 g/mol. The van der Waals surface area contributed by atoms with Gasteiger partial charge in [-0.2, -0.15) is 10.2 Å². The molecule has 1 atom stereocenters. The van der Waals surface area contributed by atoms with Gasteiger partial charge < -0.3 is 5.32 Å². The van der Waals surface area contributed by atoms with E-state index in [1.165, 1.54) is 0 Å². The Bertz CT molecular complexity index is 733. The summed E-state index contributed by atoms with van der Waals surface area (Å²) in [5, 5.41) is 12.5. The number of fused-ring (bicyclic) bond motifs is 1. The molecule has 2 aliphatic heterocycles. The number of carbonyl (C=O) groups is 4. The SMILES string of the molecule is Cc1cc2c(cc1N=NC1C(=O)CC(=O)NC1=O)CC(=O)N2. The minimum atomic E-state index is -1.30. The molecule has 112 valence electrons. The second-order valence-electron chi connectivity index (χ2n) is 5.19. The molecule has 0 bridgehead atoms. The molecule has 3 rings (SSSR count). The molecule has 2 N–H and O–H groups in total. The van der Waals surface area contributed by atoms with Gasteiger partial charge in [0.05, 0.1) is 18.5 Å². The molecule has 0 aliphatic carbocycles. The van der Waals surface area contributed by atoms with E-state index in [0.717, 1.165) is 16.8 Å². The van der Waals surface area contributed by atoms with Crippen LogP contribution in [0, 0.1) is 6.92 Å². The van der Waals surface area contributed by atoms with E-state index < -0.39 is 23.6 Å². The Morgan fingerprint density at radius 1 is 1.05 bits per heavy atom. The second-order valence-corrected chi connectivity index (χ2v) is 5.19. The minimum absolute atomic E-state index is 0.0937. The van der Waals surface area contributed by atoms with E-state index >= 15 is 0 Å². The lowest BCUT2D eigenvalue weighted by atomic mass is 10.1. The highest BCUT2D eigenvalue weighted by molar-refractivity contribution is 6.20. The second kappa shape index (κ2) is 5.14. The molecule has 1 unspecified atom stereocenters. The van der Waals surface area contributed by atoms with Gasteiger partial charge in [0.15, 0.2) is 5.78 Å². The quantitative estimate of drug-likeness (QED) is 0.471. The van der Waals surface area contributed by atoms with Crippen LogP contribution in [-0.2, 0) is 25.6 Å². The zero-order chi connectivity index (χ0) is 15.9. The van der Waals surface area contributed by atoms with Gasteiger partial charge in [0.2, 0.25) is 17.9 Å². The fraction of sp³-hybridized carbons (Fsp3) is 0.286. The van der Waals surface area contributed by atoms with Gasteiger partial charge in [-0.3, -0.25) is 24.5 Å². The highest BCUT2D eigenvalue weighted by Gasteiger charge is 2.34. The third kappa shape index (κ3) is 2.50. The van der Waals surface area contributed by atoms with Crippen LogP contribution < -0.4 is 10.6 Å². The molecule has 3 amide bonds. The van der Waals surface area contributed by atoms with Crippen LogP contribution in [0.4, 0.5) is 11.4 Å². The van der Waals surface area contributed by atoms with Gasteiger partial charge in [-0.15, -0.1) is 0 Å². The number of carbonyl (C=O) groups excluding carboxylic acids is 4. The Labute approximate surface area is 125 Å². The Kier molecular flexibility index (Phi) is 3.28. The van der Waals surface area contributed by atoms with E-state index in [0.29, 0.717) is 5.69 Å². The first-order chi connectivity index (χ1) is 10.4. The number of amides is 3. The predicted molar refractivity (Wildman–Crippen MR) is 74.6 cm³/mol. The lowest BCUT2D eigenvalue weighted by molar-refractivity contribution is -0.140. The molecule has 0 spiro atoms. The van der Waals surface area contributed by atoms with Crippen molar-refractivity contribution in [1.82, 2.24) is 5.32 Å². The van der Waals surface area contributed by atoms with Crippen LogP contribution in [-0.4, -0.2) is 29.5 Å². The number of hydrogen-bond acceptors (Lipinski definition) is 6. The largest absolute Gasteiger partial charge is 0.326 e. The number of rotatable bonds is 2. The Balaban J connectivity index is 1.86. The van der Waals surface area contributed by atoms with Crippen LogP contribution in [0.15, 0.2) is 22.4 Å². The van der Waals surface area contributed by atoms with Crippen molar-refractivity contribution in [2.75, 3.05) is 5.32 Å². The van der Waals surface area contributed by atoms with Gasteiger partial charge in [0, 0.05) is 5.69 Å². The summed E-state index contributed by atoms with van der Waals surface area (Å²) >= 11 is 0. The van der Waals surface area contributed by atoms with Crippen LogP contribution in [0.3, 0.4) is 0 Å². The number of hydrogen-bond donors (Lipinski definition) is 2. The van der Waals surface area contributed by atoms with Crippen molar-refractivity contribution in [3.8, 4) is 0 Å². The van der Waals surface area contributed by atoms with E-state index in [2.05, 4.69) is 20.9 Å². The fourth-order valence-corrected chi connectivity index (χ4v) is 2.37. The molecular formula is C14H12N4O4. The van der Waals surface area contributed by atoms with E-state index in [1.54, 1.807) is 19.1 Å².